The molecule has 0 amide bonds. The van der Waals surface area contributed by atoms with Crippen LogP contribution in [0.5, 0.6) is 0 Å². The summed E-state index contributed by atoms with van der Waals surface area (Å²) in [4.78, 5) is 7.32. The molecule has 0 fully saturated rings. The van der Waals surface area contributed by atoms with Crippen LogP contribution >= 0.6 is 11.6 Å². The number of aromatic nitrogens is 2. The average molecular weight is 160 g/mol. The van der Waals surface area contributed by atoms with Gasteiger partial charge in [-0.25, -0.2) is 9.97 Å². The van der Waals surface area contributed by atoms with Crippen LogP contribution in [0.2, 0.25) is 5.15 Å². The predicted octanol–water partition coefficient (Wildman–Crippen LogP) is 1.74. The molecule has 0 aliphatic carbocycles. The van der Waals surface area contributed by atoms with Crippen LogP contribution in [-0.4, -0.2) is 9.97 Å². The molecule has 0 aliphatic heterocycles. The number of rotatable bonds is 0. The van der Waals surface area contributed by atoms with Gasteiger partial charge in [-0.15, -0.1) is 0 Å². The lowest BCUT2D eigenvalue weighted by Crippen LogP contribution is -1.89. The first kappa shape index (κ1) is 9.17. The SMILES string of the molecule is CC.Nc1cnc(Cl)cn1. The third-order valence-corrected chi connectivity index (χ3v) is 0.835. The fourth-order valence-corrected chi connectivity index (χ4v) is 0.420. The Balaban J connectivity index is 0.000000371. The van der Waals surface area contributed by atoms with Gasteiger partial charge in [0.2, 0.25) is 0 Å². The summed E-state index contributed by atoms with van der Waals surface area (Å²) in [5, 5.41) is 0.360. The Morgan fingerprint density at radius 1 is 1.30 bits per heavy atom. The van der Waals surface area contributed by atoms with Crippen LogP contribution in [-0.2, 0) is 0 Å². The minimum atomic E-state index is 0.360. The monoisotopic (exact) mass is 159 g/mol. The van der Waals surface area contributed by atoms with E-state index in [-0.39, 0.29) is 0 Å². The third-order valence-electron chi connectivity index (χ3n) is 0.640. The molecule has 0 bridgehead atoms. The van der Waals surface area contributed by atoms with Gasteiger partial charge >= 0.3 is 0 Å². The number of hydrogen-bond acceptors (Lipinski definition) is 3. The highest BCUT2D eigenvalue weighted by molar-refractivity contribution is 6.29. The van der Waals surface area contributed by atoms with Crippen LogP contribution in [0, 0.1) is 0 Å². The van der Waals surface area contributed by atoms with Crippen molar-refractivity contribution in [3.05, 3.63) is 17.5 Å². The number of halogens is 1. The standard InChI is InChI=1S/C4H4ClN3.C2H6/c5-3-1-8-4(6)2-7-3;1-2/h1-2H,(H2,6,8);1-2H3. The molecule has 2 N–H and O–H groups in total. The Morgan fingerprint density at radius 3 is 2.20 bits per heavy atom. The van der Waals surface area contributed by atoms with Crippen molar-refractivity contribution in [1.29, 1.82) is 0 Å². The molecule has 0 saturated carbocycles. The van der Waals surface area contributed by atoms with Gasteiger partial charge in [-0.05, 0) is 0 Å². The number of hydrogen-bond donors (Lipinski definition) is 1. The van der Waals surface area contributed by atoms with Crippen molar-refractivity contribution in [3.63, 3.8) is 0 Å². The van der Waals surface area contributed by atoms with Crippen molar-refractivity contribution < 1.29 is 0 Å². The molecule has 10 heavy (non-hydrogen) atoms. The summed E-state index contributed by atoms with van der Waals surface area (Å²) in [5.41, 5.74) is 5.19. The summed E-state index contributed by atoms with van der Waals surface area (Å²) < 4.78 is 0. The fraction of sp³-hybridized carbons (Fsp3) is 0.333. The molecule has 0 unspecified atom stereocenters. The van der Waals surface area contributed by atoms with Crippen LogP contribution in [0.15, 0.2) is 12.4 Å². The van der Waals surface area contributed by atoms with Crippen LogP contribution in [0.25, 0.3) is 0 Å². The van der Waals surface area contributed by atoms with Crippen molar-refractivity contribution in [3.8, 4) is 0 Å². The van der Waals surface area contributed by atoms with Crippen molar-refractivity contribution in [2.75, 3.05) is 5.73 Å². The molecule has 0 atom stereocenters. The van der Waals surface area contributed by atoms with Gasteiger partial charge < -0.3 is 5.73 Å². The Bertz CT molecular complexity index is 152. The molecule has 56 valence electrons. The lowest BCUT2D eigenvalue weighted by molar-refractivity contribution is 1.21. The third kappa shape index (κ3) is 3.25. The number of nitrogens with two attached hydrogens (primary N) is 1. The minimum absolute atomic E-state index is 0.360. The van der Waals surface area contributed by atoms with E-state index in [4.69, 9.17) is 17.3 Å². The van der Waals surface area contributed by atoms with Gasteiger partial charge in [-0.1, -0.05) is 25.4 Å². The first-order chi connectivity index (χ1) is 4.79. The van der Waals surface area contributed by atoms with Gasteiger partial charge in [0.15, 0.2) is 0 Å². The van der Waals surface area contributed by atoms with E-state index in [0.717, 1.165) is 0 Å². The molecule has 0 spiro atoms. The van der Waals surface area contributed by atoms with Crippen molar-refractivity contribution in [1.82, 2.24) is 9.97 Å². The van der Waals surface area contributed by atoms with E-state index in [1.165, 1.54) is 12.4 Å². The molecule has 0 radical (unpaired) electrons. The molecule has 0 saturated heterocycles. The number of nitrogen functional groups attached to an aromatic ring is 1. The summed E-state index contributed by atoms with van der Waals surface area (Å²) in [6, 6.07) is 0. The molecule has 1 aromatic rings. The zero-order valence-corrected chi connectivity index (χ0v) is 6.76. The topological polar surface area (TPSA) is 51.8 Å². The van der Waals surface area contributed by atoms with Crippen molar-refractivity contribution >= 4 is 17.4 Å². The maximum absolute atomic E-state index is 5.38. The molecule has 1 rings (SSSR count). The highest BCUT2D eigenvalue weighted by Crippen LogP contribution is 2.00. The quantitative estimate of drug-likeness (QED) is 0.628. The van der Waals surface area contributed by atoms with Crippen LogP contribution in [0.4, 0.5) is 5.82 Å². The normalized spacial score (nSPS) is 7.90. The highest BCUT2D eigenvalue weighted by Gasteiger charge is 1.85. The summed E-state index contributed by atoms with van der Waals surface area (Å²) in [6.07, 6.45) is 2.80. The number of anilines is 1. The molecule has 1 heterocycles. The van der Waals surface area contributed by atoms with E-state index in [0.29, 0.717) is 11.0 Å². The van der Waals surface area contributed by atoms with E-state index in [2.05, 4.69) is 9.97 Å². The lowest BCUT2D eigenvalue weighted by atomic mass is 10.7. The summed E-state index contributed by atoms with van der Waals surface area (Å²) in [6.45, 7) is 4.00. The predicted molar refractivity (Wildman–Crippen MR) is 42.8 cm³/mol. The summed E-state index contributed by atoms with van der Waals surface area (Å²) in [7, 11) is 0. The zero-order chi connectivity index (χ0) is 7.98. The fourth-order valence-electron chi connectivity index (χ4n) is 0.322. The summed E-state index contributed by atoms with van der Waals surface area (Å²) >= 11 is 5.38. The van der Waals surface area contributed by atoms with Crippen LogP contribution < -0.4 is 5.73 Å². The van der Waals surface area contributed by atoms with E-state index in [1.54, 1.807) is 0 Å². The molecular weight excluding hydrogens is 150 g/mol. The Morgan fingerprint density at radius 2 is 1.90 bits per heavy atom. The maximum Gasteiger partial charge on any atom is 0.147 e. The van der Waals surface area contributed by atoms with Gasteiger partial charge in [0.25, 0.3) is 0 Å². The zero-order valence-electron chi connectivity index (χ0n) is 6.00. The summed E-state index contributed by atoms with van der Waals surface area (Å²) in [5.74, 6) is 0.384. The Labute approximate surface area is 65.2 Å². The Kier molecular flexibility index (Phi) is 4.58. The minimum Gasteiger partial charge on any atom is -0.382 e. The van der Waals surface area contributed by atoms with Crippen LogP contribution in [0.1, 0.15) is 13.8 Å². The first-order valence-electron chi connectivity index (χ1n) is 3.02. The van der Waals surface area contributed by atoms with Gasteiger partial charge in [-0.2, -0.15) is 0 Å². The first-order valence-corrected chi connectivity index (χ1v) is 3.40. The maximum atomic E-state index is 5.38. The molecule has 4 heteroatoms. The van der Waals surface area contributed by atoms with Crippen LogP contribution in [0.3, 0.4) is 0 Å². The van der Waals surface area contributed by atoms with Crippen molar-refractivity contribution in [2.24, 2.45) is 0 Å². The largest absolute Gasteiger partial charge is 0.382 e. The molecule has 0 aliphatic rings. The van der Waals surface area contributed by atoms with Crippen molar-refractivity contribution in [2.45, 2.75) is 13.8 Å². The molecule has 3 nitrogen and oxygen atoms in total. The van der Waals surface area contributed by atoms with Gasteiger partial charge in [0.1, 0.15) is 11.0 Å². The van der Waals surface area contributed by atoms with E-state index in [1.807, 2.05) is 13.8 Å². The van der Waals surface area contributed by atoms with Gasteiger partial charge in [0.05, 0.1) is 12.4 Å². The second-order valence-corrected chi connectivity index (χ2v) is 1.65. The van der Waals surface area contributed by atoms with Gasteiger partial charge in [0, 0.05) is 0 Å². The molecule has 1 aromatic heterocycles. The molecule has 0 aromatic carbocycles. The number of nitrogens with zero attached hydrogens (tertiary/aromatic N) is 2. The lowest BCUT2D eigenvalue weighted by Gasteiger charge is -1.87. The average Bonchev–Trinajstić information content (AvgIpc) is 2.00. The van der Waals surface area contributed by atoms with E-state index >= 15 is 0 Å². The van der Waals surface area contributed by atoms with E-state index < -0.39 is 0 Å². The van der Waals surface area contributed by atoms with E-state index in [9.17, 15) is 0 Å². The smallest absolute Gasteiger partial charge is 0.147 e. The molecular formula is C6H10ClN3. The highest BCUT2D eigenvalue weighted by atomic mass is 35.5. The second-order valence-electron chi connectivity index (χ2n) is 1.26. The van der Waals surface area contributed by atoms with Gasteiger partial charge in [-0.3, -0.25) is 0 Å². The Hall–Kier alpha value is -0.830. The second kappa shape index (κ2) is 4.99.